The Morgan fingerprint density at radius 2 is 1.34 bits per heavy atom. The molecule has 0 spiro atoms. The summed E-state index contributed by atoms with van der Waals surface area (Å²) in [6.07, 6.45) is 10.6. The molecular weight excluding hydrogens is 400 g/mol. The van der Waals surface area contributed by atoms with Gasteiger partial charge in [-0.2, -0.15) is 0 Å². The van der Waals surface area contributed by atoms with Crippen molar-refractivity contribution < 1.29 is 19.1 Å². The van der Waals surface area contributed by atoms with Crippen LogP contribution in [0.1, 0.15) is 99.3 Å². The van der Waals surface area contributed by atoms with Crippen LogP contribution in [0.25, 0.3) is 0 Å². The van der Waals surface area contributed by atoms with Crippen molar-refractivity contribution in [1.29, 1.82) is 0 Å². The van der Waals surface area contributed by atoms with Gasteiger partial charge in [-0.05, 0) is 80.5 Å². The molecule has 0 unspecified atom stereocenters. The quantitative estimate of drug-likeness (QED) is 0.425. The molecule has 4 nitrogen and oxygen atoms in total. The van der Waals surface area contributed by atoms with Crippen LogP contribution in [0.5, 0.6) is 0 Å². The number of carbonyl (C=O) groups is 2. The van der Waals surface area contributed by atoms with E-state index in [2.05, 4.69) is 41.5 Å². The minimum atomic E-state index is -0.164. The van der Waals surface area contributed by atoms with E-state index in [1.807, 2.05) is 6.08 Å². The highest BCUT2D eigenvalue weighted by Crippen LogP contribution is 2.38. The summed E-state index contributed by atoms with van der Waals surface area (Å²) in [7, 11) is 0. The number of hydrogen-bond acceptors (Lipinski definition) is 4. The first kappa shape index (κ1) is 25.3. The van der Waals surface area contributed by atoms with Gasteiger partial charge in [-0.3, -0.25) is 4.79 Å². The normalized spacial score (nSPS) is 36.0. The molecular formula is C28H46O4. The van der Waals surface area contributed by atoms with Crippen LogP contribution in [0, 0.1) is 41.4 Å². The van der Waals surface area contributed by atoms with Crippen LogP contribution in [-0.2, 0) is 19.1 Å². The molecule has 0 bridgehead atoms. The fourth-order valence-corrected chi connectivity index (χ4v) is 6.19. The first-order chi connectivity index (χ1) is 15.2. The maximum absolute atomic E-state index is 12.9. The first-order valence-electron chi connectivity index (χ1n) is 13.3. The maximum Gasteiger partial charge on any atom is 0.333 e. The summed E-state index contributed by atoms with van der Waals surface area (Å²) in [4.78, 5) is 25.8. The number of allylic oxidation sites excluding steroid dienone is 1. The molecule has 0 aromatic carbocycles. The van der Waals surface area contributed by atoms with E-state index < -0.39 is 0 Å². The molecule has 0 heterocycles. The van der Waals surface area contributed by atoms with Gasteiger partial charge in [-0.15, -0.1) is 0 Å². The van der Waals surface area contributed by atoms with Crippen LogP contribution < -0.4 is 0 Å². The molecule has 2 saturated carbocycles. The van der Waals surface area contributed by atoms with Crippen molar-refractivity contribution in [1.82, 2.24) is 0 Å². The van der Waals surface area contributed by atoms with E-state index in [9.17, 15) is 9.59 Å². The number of rotatable bonds is 6. The zero-order valence-electron chi connectivity index (χ0n) is 21.3. The van der Waals surface area contributed by atoms with E-state index >= 15 is 0 Å². The van der Waals surface area contributed by atoms with E-state index in [0.29, 0.717) is 54.8 Å². The minimum Gasteiger partial charge on any atom is -0.462 e. The van der Waals surface area contributed by atoms with Crippen molar-refractivity contribution >= 4 is 11.9 Å². The number of esters is 2. The minimum absolute atomic E-state index is 0.0242. The Morgan fingerprint density at radius 1 is 0.812 bits per heavy atom. The number of ether oxygens (including phenoxy) is 2. The summed E-state index contributed by atoms with van der Waals surface area (Å²) in [5.41, 5.74) is 0.751. The first-order valence-corrected chi connectivity index (χ1v) is 13.3. The van der Waals surface area contributed by atoms with Crippen molar-refractivity contribution in [3.8, 4) is 0 Å². The van der Waals surface area contributed by atoms with Gasteiger partial charge in [-0.25, -0.2) is 4.79 Å². The second-order valence-corrected chi connectivity index (χ2v) is 11.8. The smallest absolute Gasteiger partial charge is 0.333 e. The fourth-order valence-electron chi connectivity index (χ4n) is 6.19. The van der Waals surface area contributed by atoms with E-state index in [1.54, 1.807) is 0 Å². The molecule has 3 rings (SSSR count). The van der Waals surface area contributed by atoms with Crippen LogP contribution >= 0.6 is 0 Å². The lowest BCUT2D eigenvalue weighted by Gasteiger charge is -2.38. The third kappa shape index (κ3) is 6.38. The Balaban J connectivity index is 1.54. The average molecular weight is 447 g/mol. The molecule has 0 radical (unpaired) electrons. The van der Waals surface area contributed by atoms with E-state index in [4.69, 9.17) is 9.47 Å². The summed E-state index contributed by atoms with van der Waals surface area (Å²) >= 11 is 0. The summed E-state index contributed by atoms with van der Waals surface area (Å²) in [5.74, 6) is 2.84. The van der Waals surface area contributed by atoms with Crippen LogP contribution in [-0.4, -0.2) is 24.1 Å². The third-order valence-electron chi connectivity index (χ3n) is 8.46. The highest BCUT2D eigenvalue weighted by molar-refractivity contribution is 5.89. The van der Waals surface area contributed by atoms with Gasteiger partial charge in [0.2, 0.25) is 0 Å². The van der Waals surface area contributed by atoms with Crippen molar-refractivity contribution in [3.05, 3.63) is 11.6 Å². The molecule has 0 aromatic heterocycles. The summed E-state index contributed by atoms with van der Waals surface area (Å²) < 4.78 is 12.1. The van der Waals surface area contributed by atoms with Gasteiger partial charge < -0.3 is 9.47 Å². The Hall–Kier alpha value is -1.32. The third-order valence-corrected chi connectivity index (χ3v) is 8.46. The zero-order chi connectivity index (χ0) is 23.4. The second-order valence-electron chi connectivity index (χ2n) is 11.8. The Morgan fingerprint density at radius 3 is 1.81 bits per heavy atom. The van der Waals surface area contributed by atoms with Crippen molar-refractivity contribution in [3.63, 3.8) is 0 Å². The van der Waals surface area contributed by atoms with Crippen molar-refractivity contribution in [2.45, 2.75) is 112 Å². The SMILES string of the molecule is CC(C)[C@H]1CC[C@@H](C)C[C@H]1OC(=O)C1=CC[C@H](C(=O)O[C@@H]2C[C@H](C)CC[C@H]2C(C)C)CC1. The van der Waals surface area contributed by atoms with E-state index in [1.165, 1.54) is 12.8 Å². The largest absolute Gasteiger partial charge is 0.462 e. The van der Waals surface area contributed by atoms with Gasteiger partial charge in [0.1, 0.15) is 12.2 Å². The van der Waals surface area contributed by atoms with Crippen molar-refractivity contribution in [2.24, 2.45) is 41.4 Å². The van der Waals surface area contributed by atoms with E-state index in [-0.39, 0.29) is 30.1 Å². The van der Waals surface area contributed by atoms with Gasteiger partial charge in [0, 0.05) is 5.57 Å². The lowest BCUT2D eigenvalue weighted by atomic mass is 9.75. The lowest BCUT2D eigenvalue weighted by molar-refractivity contribution is -0.162. The molecule has 2 fully saturated rings. The van der Waals surface area contributed by atoms with Gasteiger partial charge in [-0.1, -0.05) is 60.5 Å². The summed E-state index contributed by atoms with van der Waals surface area (Å²) in [6.45, 7) is 13.4. The Kier molecular flexibility index (Phi) is 8.86. The zero-order valence-corrected chi connectivity index (χ0v) is 21.3. The molecule has 3 aliphatic rings. The second kappa shape index (κ2) is 11.2. The lowest BCUT2D eigenvalue weighted by Crippen LogP contribution is -2.38. The van der Waals surface area contributed by atoms with Crippen LogP contribution in [0.4, 0.5) is 0 Å². The van der Waals surface area contributed by atoms with E-state index in [0.717, 1.165) is 31.3 Å². The Labute approximate surface area is 195 Å². The average Bonchev–Trinajstić information content (AvgIpc) is 2.73. The van der Waals surface area contributed by atoms with Gasteiger partial charge in [0.05, 0.1) is 5.92 Å². The standard InChI is InChI=1S/C28H46O4/c1-17(2)23-13-7-19(5)15-25(23)31-27(29)21-9-11-22(12-10-21)28(30)32-26-16-20(6)8-14-24(26)18(3)4/h9,17-20,22-26H,7-8,10-16H2,1-6H3/t19-,20-,22+,23-,24+,25-,26-/m1/s1. The van der Waals surface area contributed by atoms with Crippen molar-refractivity contribution in [2.75, 3.05) is 0 Å². The molecule has 4 heteroatoms. The summed E-state index contributed by atoms with van der Waals surface area (Å²) in [6, 6.07) is 0. The molecule has 0 N–H and O–H groups in total. The predicted molar refractivity (Wildman–Crippen MR) is 128 cm³/mol. The molecule has 0 aliphatic heterocycles. The highest BCUT2D eigenvalue weighted by Gasteiger charge is 2.37. The topological polar surface area (TPSA) is 52.6 Å². The molecule has 0 saturated heterocycles. The summed E-state index contributed by atoms with van der Waals surface area (Å²) in [5, 5.41) is 0. The molecule has 0 amide bonds. The van der Waals surface area contributed by atoms with Crippen LogP contribution in [0.2, 0.25) is 0 Å². The van der Waals surface area contributed by atoms with Crippen LogP contribution in [0.3, 0.4) is 0 Å². The van der Waals surface area contributed by atoms with Crippen LogP contribution in [0.15, 0.2) is 11.6 Å². The molecule has 32 heavy (non-hydrogen) atoms. The van der Waals surface area contributed by atoms with Gasteiger partial charge >= 0.3 is 11.9 Å². The molecule has 0 aromatic rings. The number of hydrogen-bond donors (Lipinski definition) is 0. The van der Waals surface area contributed by atoms with Gasteiger partial charge in [0.15, 0.2) is 0 Å². The fraction of sp³-hybridized carbons (Fsp3) is 0.857. The Bertz CT molecular complexity index is 679. The van der Waals surface area contributed by atoms with Gasteiger partial charge in [0.25, 0.3) is 0 Å². The predicted octanol–water partition coefficient (Wildman–Crippen LogP) is 6.72. The maximum atomic E-state index is 12.9. The monoisotopic (exact) mass is 446 g/mol. The number of carbonyl (C=O) groups excluding carboxylic acids is 2. The molecule has 3 aliphatic carbocycles. The highest BCUT2D eigenvalue weighted by atomic mass is 16.5. The molecule has 182 valence electrons. The molecule has 7 atom stereocenters.